The van der Waals surface area contributed by atoms with Gasteiger partial charge in [-0.3, -0.25) is 4.90 Å². The summed E-state index contributed by atoms with van der Waals surface area (Å²) in [6.07, 6.45) is 0. The Morgan fingerprint density at radius 1 is 1.06 bits per heavy atom. The van der Waals surface area contributed by atoms with Crippen LogP contribution < -0.4 is 5.32 Å². The largest absolute Gasteiger partial charge is 0.392 e. The van der Waals surface area contributed by atoms with E-state index < -0.39 is 0 Å². The molecule has 0 radical (unpaired) electrons. The summed E-state index contributed by atoms with van der Waals surface area (Å²) in [4.78, 5) is 2.45. The van der Waals surface area contributed by atoms with E-state index in [1.54, 1.807) is 0 Å². The highest BCUT2D eigenvalue weighted by molar-refractivity contribution is 5.85. The average molecular weight is 243 g/mol. The first-order valence-corrected chi connectivity index (χ1v) is 5.50. The molecule has 1 aliphatic rings. The van der Waals surface area contributed by atoms with Gasteiger partial charge in [0.2, 0.25) is 0 Å². The zero-order valence-corrected chi connectivity index (χ0v) is 10.2. The van der Waals surface area contributed by atoms with Gasteiger partial charge in [0.15, 0.2) is 0 Å². The van der Waals surface area contributed by atoms with Gasteiger partial charge in [-0.05, 0) is 11.1 Å². The zero-order chi connectivity index (χ0) is 10.5. The number of piperazine rings is 1. The van der Waals surface area contributed by atoms with Crippen molar-refractivity contribution in [3.8, 4) is 0 Å². The summed E-state index contributed by atoms with van der Waals surface area (Å²) in [6, 6.07) is 8.20. The maximum atomic E-state index is 8.93. The third-order valence-electron chi connectivity index (χ3n) is 2.82. The van der Waals surface area contributed by atoms with E-state index in [0.29, 0.717) is 0 Å². The van der Waals surface area contributed by atoms with Crippen molar-refractivity contribution in [2.75, 3.05) is 26.2 Å². The van der Waals surface area contributed by atoms with Crippen molar-refractivity contribution in [3.05, 3.63) is 35.4 Å². The summed E-state index contributed by atoms with van der Waals surface area (Å²) < 4.78 is 0. The van der Waals surface area contributed by atoms with Gasteiger partial charge in [-0.2, -0.15) is 0 Å². The Morgan fingerprint density at radius 3 is 2.19 bits per heavy atom. The fourth-order valence-electron chi connectivity index (χ4n) is 1.88. The molecular formula is C12H19ClN2O. The van der Waals surface area contributed by atoms with Crippen molar-refractivity contribution in [2.45, 2.75) is 13.2 Å². The van der Waals surface area contributed by atoms with Gasteiger partial charge in [-0.1, -0.05) is 24.3 Å². The van der Waals surface area contributed by atoms with Crippen LogP contribution >= 0.6 is 12.4 Å². The van der Waals surface area contributed by atoms with Crippen molar-refractivity contribution in [1.29, 1.82) is 0 Å². The van der Waals surface area contributed by atoms with Crippen LogP contribution in [-0.2, 0) is 13.2 Å². The molecule has 1 saturated heterocycles. The lowest BCUT2D eigenvalue weighted by Gasteiger charge is -2.27. The molecule has 0 bridgehead atoms. The molecule has 1 aromatic rings. The molecule has 0 aliphatic carbocycles. The van der Waals surface area contributed by atoms with Crippen molar-refractivity contribution >= 4 is 12.4 Å². The Bertz CT molecular complexity index is 296. The number of aliphatic hydroxyl groups excluding tert-OH is 1. The first kappa shape index (κ1) is 13.5. The van der Waals surface area contributed by atoms with Crippen molar-refractivity contribution in [2.24, 2.45) is 0 Å². The predicted octanol–water partition coefficient (Wildman–Crippen LogP) is 1.01. The molecule has 0 amide bonds. The standard InChI is InChI=1S/C12H18N2O.ClH/c15-10-12-3-1-11(2-4-12)9-14-7-5-13-6-8-14;/h1-4,13,15H,5-10H2;1H. The molecule has 1 aromatic carbocycles. The van der Waals surface area contributed by atoms with Crippen LogP contribution in [0.3, 0.4) is 0 Å². The molecule has 90 valence electrons. The molecule has 0 atom stereocenters. The summed E-state index contributed by atoms with van der Waals surface area (Å²) >= 11 is 0. The van der Waals surface area contributed by atoms with Crippen LogP contribution in [0.25, 0.3) is 0 Å². The van der Waals surface area contributed by atoms with E-state index >= 15 is 0 Å². The molecule has 0 saturated carbocycles. The summed E-state index contributed by atoms with van der Waals surface area (Å²) in [6.45, 7) is 5.59. The second-order valence-electron chi connectivity index (χ2n) is 4.00. The van der Waals surface area contributed by atoms with Gasteiger partial charge in [-0.15, -0.1) is 12.4 Å². The highest BCUT2D eigenvalue weighted by Gasteiger charge is 2.09. The monoisotopic (exact) mass is 242 g/mol. The lowest BCUT2D eigenvalue weighted by Crippen LogP contribution is -2.42. The fraction of sp³-hybridized carbons (Fsp3) is 0.500. The van der Waals surface area contributed by atoms with Crippen LogP contribution in [0, 0.1) is 0 Å². The molecule has 1 heterocycles. The normalized spacial score (nSPS) is 16.8. The molecule has 2 rings (SSSR count). The minimum Gasteiger partial charge on any atom is -0.392 e. The molecular weight excluding hydrogens is 224 g/mol. The van der Waals surface area contributed by atoms with Gasteiger partial charge in [0.1, 0.15) is 0 Å². The Hall–Kier alpha value is -0.610. The van der Waals surface area contributed by atoms with Gasteiger partial charge in [0.25, 0.3) is 0 Å². The highest BCUT2D eigenvalue weighted by atomic mass is 35.5. The van der Waals surface area contributed by atoms with Crippen LogP contribution in [-0.4, -0.2) is 36.2 Å². The molecule has 4 heteroatoms. The second kappa shape index (κ2) is 6.86. The quantitative estimate of drug-likeness (QED) is 0.831. The Morgan fingerprint density at radius 2 is 1.62 bits per heavy atom. The predicted molar refractivity (Wildman–Crippen MR) is 67.8 cm³/mol. The maximum absolute atomic E-state index is 8.93. The number of benzene rings is 1. The first-order chi connectivity index (χ1) is 7.38. The SMILES string of the molecule is Cl.OCc1ccc(CN2CCNCC2)cc1. The van der Waals surface area contributed by atoms with Crippen LogP contribution in [0.5, 0.6) is 0 Å². The molecule has 1 aliphatic heterocycles. The summed E-state index contributed by atoms with van der Waals surface area (Å²) in [5.74, 6) is 0. The Labute approximate surface area is 103 Å². The van der Waals surface area contributed by atoms with Crippen molar-refractivity contribution in [3.63, 3.8) is 0 Å². The van der Waals surface area contributed by atoms with E-state index in [2.05, 4.69) is 22.3 Å². The molecule has 16 heavy (non-hydrogen) atoms. The molecule has 1 fully saturated rings. The lowest BCUT2D eigenvalue weighted by molar-refractivity contribution is 0.233. The number of hydrogen-bond donors (Lipinski definition) is 2. The van der Waals surface area contributed by atoms with Crippen molar-refractivity contribution in [1.82, 2.24) is 10.2 Å². The third kappa shape index (κ3) is 3.76. The number of aliphatic hydroxyl groups is 1. The maximum Gasteiger partial charge on any atom is 0.0681 e. The Kier molecular flexibility index (Phi) is 5.77. The topological polar surface area (TPSA) is 35.5 Å². The smallest absolute Gasteiger partial charge is 0.0681 e. The van der Waals surface area contributed by atoms with Crippen LogP contribution in [0.15, 0.2) is 24.3 Å². The summed E-state index contributed by atoms with van der Waals surface area (Å²) in [5.41, 5.74) is 2.31. The first-order valence-electron chi connectivity index (χ1n) is 5.50. The Balaban J connectivity index is 0.00000128. The highest BCUT2D eigenvalue weighted by Crippen LogP contribution is 2.08. The van der Waals surface area contributed by atoms with E-state index in [0.717, 1.165) is 38.3 Å². The molecule has 2 N–H and O–H groups in total. The van der Waals surface area contributed by atoms with Gasteiger partial charge in [0.05, 0.1) is 6.61 Å². The van der Waals surface area contributed by atoms with Crippen LogP contribution in [0.4, 0.5) is 0 Å². The number of halogens is 1. The lowest BCUT2D eigenvalue weighted by atomic mass is 10.1. The van der Waals surface area contributed by atoms with E-state index in [9.17, 15) is 0 Å². The number of hydrogen-bond acceptors (Lipinski definition) is 3. The zero-order valence-electron chi connectivity index (χ0n) is 9.35. The van der Waals surface area contributed by atoms with Gasteiger partial charge < -0.3 is 10.4 Å². The van der Waals surface area contributed by atoms with Crippen molar-refractivity contribution < 1.29 is 5.11 Å². The number of rotatable bonds is 3. The molecule has 3 nitrogen and oxygen atoms in total. The van der Waals surface area contributed by atoms with Gasteiger partial charge in [-0.25, -0.2) is 0 Å². The second-order valence-corrected chi connectivity index (χ2v) is 4.00. The average Bonchev–Trinajstić information content (AvgIpc) is 2.31. The van der Waals surface area contributed by atoms with Gasteiger partial charge in [0, 0.05) is 32.7 Å². The van der Waals surface area contributed by atoms with Gasteiger partial charge >= 0.3 is 0 Å². The van der Waals surface area contributed by atoms with Crippen LogP contribution in [0.1, 0.15) is 11.1 Å². The summed E-state index contributed by atoms with van der Waals surface area (Å²) in [5, 5.41) is 12.3. The molecule has 0 aromatic heterocycles. The molecule has 0 unspecified atom stereocenters. The third-order valence-corrected chi connectivity index (χ3v) is 2.82. The summed E-state index contributed by atoms with van der Waals surface area (Å²) in [7, 11) is 0. The number of nitrogens with zero attached hydrogens (tertiary/aromatic N) is 1. The number of nitrogens with one attached hydrogen (secondary N) is 1. The van der Waals surface area contributed by atoms with Crippen LogP contribution in [0.2, 0.25) is 0 Å². The minimum atomic E-state index is 0. The van der Waals surface area contributed by atoms with E-state index in [4.69, 9.17) is 5.11 Å². The van der Waals surface area contributed by atoms with E-state index in [1.165, 1.54) is 5.56 Å². The molecule has 0 spiro atoms. The van der Waals surface area contributed by atoms with E-state index in [-0.39, 0.29) is 19.0 Å². The minimum absolute atomic E-state index is 0. The van der Waals surface area contributed by atoms with E-state index in [1.807, 2.05) is 12.1 Å². The fourth-order valence-corrected chi connectivity index (χ4v) is 1.88.